The number of nitriles is 1. The second kappa shape index (κ2) is 5.77. The molecular formula is C13H14N6O. The Morgan fingerprint density at radius 1 is 1.50 bits per heavy atom. The van der Waals surface area contributed by atoms with Gasteiger partial charge in [-0.15, -0.1) is 10.2 Å². The minimum Gasteiger partial charge on any atom is -0.367 e. The van der Waals surface area contributed by atoms with Crippen LogP contribution in [0, 0.1) is 11.3 Å². The molecule has 1 aromatic heterocycles. The molecule has 0 amide bonds. The summed E-state index contributed by atoms with van der Waals surface area (Å²) < 4.78 is 5.66. The van der Waals surface area contributed by atoms with Crippen molar-refractivity contribution in [3.8, 4) is 6.07 Å². The predicted octanol–water partition coefficient (Wildman–Crippen LogP) is 0.645. The van der Waals surface area contributed by atoms with Crippen LogP contribution in [-0.4, -0.2) is 45.2 Å². The fourth-order valence-corrected chi connectivity index (χ4v) is 2.31. The van der Waals surface area contributed by atoms with E-state index in [1.807, 2.05) is 24.3 Å². The number of aromatic amines is 1. The lowest BCUT2D eigenvalue weighted by Gasteiger charge is -2.31. The normalized spacial score (nSPS) is 19.6. The first-order chi connectivity index (χ1) is 9.85. The lowest BCUT2D eigenvalue weighted by molar-refractivity contribution is -0.0372. The number of hydrogen-bond acceptors (Lipinski definition) is 6. The summed E-state index contributed by atoms with van der Waals surface area (Å²) in [7, 11) is 0. The Bertz CT molecular complexity index is 606. The number of benzene rings is 1. The highest BCUT2D eigenvalue weighted by Crippen LogP contribution is 2.19. The Morgan fingerprint density at radius 2 is 2.45 bits per heavy atom. The van der Waals surface area contributed by atoms with Crippen LogP contribution in [-0.2, 0) is 11.3 Å². The summed E-state index contributed by atoms with van der Waals surface area (Å²) in [4.78, 5) is 2.26. The maximum Gasteiger partial charge on any atom is 0.204 e. The van der Waals surface area contributed by atoms with Crippen LogP contribution >= 0.6 is 0 Å². The molecule has 7 heteroatoms. The van der Waals surface area contributed by atoms with Crippen molar-refractivity contribution in [3.63, 3.8) is 0 Å². The Kier molecular flexibility index (Phi) is 3.67. The molecule has 0 saturated carbocycles. The number of morpholine rings is 1. The quantitative estimate of drug-likeness (QED) is 0.880. The molecule has 1 N–H and O–H groups in total. The van der Waals surface area contributed by atoms with Crippen LogP contribution in [0.3, 0.4) is 0 Å². The number of H-pyrrole nitrogens is 1. The van der Waals surface area contributed by atoms with E-state index in [1.54, 1.807) is 0 Å². The maximum absolute atomic E-state index is 8.92. The van der Waals surface area contributed by atoms with Crippen LogP contribution in [0.2, 0.25) is 0 Å². The summed E-state index contributed by atoms with van der Waals surface area (Å²) in [6.45, 7) is 2.99. The van der Waals surface area contributed by atoms with E-state index in [0.717, 1.165) is 25.2 Å². The van der Waals surface area contributed by atoms with Gasteiger partial charge in [0.15, 0.2) is 0 Å². The number of rotatable bonds is 3. The van der Waals surface area contributed by atoms with Gasteiger partial charge in [-0.3, -0.25) is 4.90 Å². The molecule has 1 atom stereocenters. The molecule has 102 valence electrons. The second-order valence-electron chi connectivity index (χ2n) is 4.68. The molecule has 7 nitrogen and oxygen atoms in total. The number of nitrogens with one attached hydrogen (secondary N) is 1. The van der Waals surface area contributed by atoms with Gasteiger partial charge in [0, 0.05) is 19.6 Å². The lowest BCUT2D eigenvalue weighted by Crippen LogP contribution is -2.38. The van der Waals surface area contributed by atoms with Crippen LogP contribution in [0.25, 0.3) is 0 Å². The molecule has 1 saturated heterocycles. The third-order valence-electron chi connectivity index (χ3n) is 3.26. The Labute approximate surface area is 116 Å². The first-order valence-electron chi connectivity index (χ1n) is 6.41. The Morgan fingerprint density at radius 3 is 3.25 bits per heavy atom. The molecule has 0 aliphatic carbocycles. The zero-order valence-electron chi connectivity index (χ0n) is 10.9. The highest BCUT2D eigenvalue weighted by Gasteiger charge is 2.25. The van der Waals surface area contributed by atoms with Crippen LogP contribution in [0.4, 0.5) is 0 Å². The molecule has 0 spiro atoms. The van der Waals surface area contributed by atoms with Gasteiger partial charge in [0.25, 0.3) is 0 Å². The minimum atomic E-state index is -0.151. The molecule has 1 aromatic carbocycles. The van der Waals surface area contributed by atoms with E-state index in [0.29, 0.717) is 18.0 Å². The van der Waals surface area contributed by atoms with E-state index >= 15 is 0 Å². The van der Waals surface area contributed by atoms with Crippen molar-refractivity contribution < 1.29 is 4.74 Å². The second-order valence-corrected chi connectivity index (χ2v) is 4.68. The summed E-state index contributed by atoms with van der Waals surface area (Å²) in [6, 6.07) is 9.82. The summed E-state index contributed by atoms with van der Waals surface area (Å²) in [5.41, 5.74) is 1.81. The largest absolute Gasteiger partial charge is 0.367 e. The van der Waals surface area contributed by atoms with Crippen molar-refractivity contribution in [1.29, 1.82) is 5.26 Å². The predicted molar refractivity (Wildman–Crippen MR) is 69.3 cm³/mol. The van der Waals surface area contributed by atoms with Crippen molar-refractivity contribution in [2.24, 2.45) is 0 Å². The number of hydrogen-bond donors (Lipinski definition) is 1. The fourth-order valence-electron chi connectivity index (χ4n) is 2.31. The summed E-state index contributed by atoms with van der Waals surface area (Å²) in [6.07, 6.45) is -0.151. The Hall–Kier alpha value is -2.30. The molecule has 2 aromatic rings. The van der Waals surface area contributed by atoms with Gasteiger partial charge in [-0.25, -0.2) is 0 Å². The van der Waals surface area contributed by atoms with Gasteiger partial charge < -0.3 is 4.74 Å². The van der Waals surface area contributed by atoms with E-state index in [-0.39, 0.29) is 6.10 Å². The molecule has 1 aliphatic heterocycles. The topological polar surface area (TPSA) is 90.7 Å². The summed E-state index contributed by atoms with van der Waals surface area (Å²) in [5.74, 6) is 0.584. The van der Waals surface area contributed by atoms with Gasteiger partial charge in [-0.1, -0.05) is 17.3 Å². The smallest absolute Gasteiger partial charge is 0.204 e. The van der Waals surface area contributed by atoms with Crippen molar-refractivity contribution in [3.05, 3.63) is 41.2 Å². The van der Waals surface area contributed by atoms with E-state index in [2.05, 4.69) is 31.6 Å². The Balaban J connectivity index is 1.67. The van der Waals surface area contributed by atoms with Crippen molar-refractivity contribution in [2.45, 2.75) is 12.6 Å². The van der Waals surface area contributed by atoms with Crippen LogP contribution in [0.15, 0.2) is 24.3 Å². The van der Waals surface area contributed by atoms with Crippen LogP contribution in [0.1, 0.15) is 23.1 Å². The number of nitrogens with zero attached hydrogens (tertiary/aromatic N) is 5. The van der Waals surface area contributed by atoms with Gasteiger partial charge in [-0.05, 0) is 17.7 Å². The molecule has 1 fully saturated rings. The molecule has 3 rings (SSSR count). The molecule has 0 bridgehead atoms. The van der Waals surface area contributed by atoms with Crippen molar-refractivity contribution in [1.82, 2.24) is 25.5 Å². The van der Waals surface area contributed by atoms with Crippen LogP contribution in [0.5, 0.6) is 0 Å². The minimum absolute atomic E-state index is 0.151. The first kappa shape index (κ1) is 12.7. The average molecular weight is 270 g/mol. The SMILES string of the molecule is N#Cc1cccc(CN2CCOC(c3nn[nH]n3)C2)c1. The zero-order valence-corrected chi connectivity index (χ0v) is 10.9. The van der Waals surface area contributed by atoms with E-state index < -0.39 is 0 Å². The first-order valence-corrected chi connectivity index (χ1v) is 6.41. The highest BCUT2D eigenvalue weighted by molar-refractivity contribution is 5.32. The molecule has 0 radical (unpaired) electrons. The summed E-state index contributed by atoms with van der Waals surface area (Å²) >= 11 is 0. The summed E-state index contributed by atoms with van der Waals surface area (Å²) in [5, 5.41) is 22.9. The molecule has 1 unspecified atom stereocenters. The van der Waals surface area contributed by atoms with E-state index in [4.69, 9.17) is 10.00 Å². The monoisotopic (exact) mass is 270 g/mol. The standard InChI is InChI=1S/C13H14N6O/c14-7-10-2-1-3-11(6-10)8-19-4-5-20-12(9-19)13-15-17-18-16-13/h1-3,6,12H,4-5,8-9H2,(H,15,16,17,18). The third kappa shape index (κ3) is 2.82. The van der Waals surface area contributed by atoms with Gasteiger partial charge in [0.2, 0.25) is 5.82 Å². The average Bonchev–Trinajstić information content (AvgIpc) is 3.02. The highest BCUT2D eigenvalue weighted by atomic mass is 16.5. The van der Waals surface area contributed by atoms with Gasteiger partial charge in [0.05, 0.1) is 18.2 Å². The van der Waals surface area contributed by atoms with Gasteiger partial charge in [-0.2, -0.15) is 10.5 Å². The van der Waals surface area contributed by atoms with Crippen molar-refractivity contribution >= 4 is 0 Å². The van der Waals surface area contributed by atoms with Crippen LogP contribution < -0.4 is 0 Å². The maximum atomic E-state index is 8.92. The van der Waals surface area contributed by atoms with Crippen molar-refractivity contribution in [2.75, 3.05) is 19.7 Å². The van der Waals surface area contributed by atoms with E-state index in [1.165, 1.54) is 0 Å². The lowest BCUT2D eigenvalue weighted by atomic mass is 10.1. The molecular weight excluding hydrogens is 256 g/mol. The number of ether oxygens (including phenoxy) is 1. The van der Waals surface area contributed by atoms with E-state index in [9.17, 15) is 0 Å². The molecule has 1 aliphatic rings. The molecule has 2 heterocycles. The fraction of sp³-hybridized carbons (Fsp3) is 0.385. The van der Waals surface area contributed by atoms with Gasteiger partial charge in [0.1, 0.15) is 6.10 Å². The zero-order chi connectivity index (χ0) is 13.8. The number of aromatic nitrogens is 4. The van der Waals surface area contributed by atoms with Gasteiger partial charge >= 0.3 is 0 Å². The third-order valence-corrected chi connectivity index (χ3v) is 3.26. The molecule has 20 heavy (non-hydrogen) atoms. The number of tetrazole rings is 1.